The molecule has 0 saturated carbocycles. The van der Waals surface area contributed by atoms with E-state index in [0.29, 0.717) is 37.3 Å². The molecule has 1 N–H and O–H groups in total. The Labute approximate surface area is 128 Å². The standard InChI is InChI=1S/C16H17N3O3/c20-14-2-1-3-15(21)19(14)18-9-11-6-10(12-7-17-8-12)4-5-13(11)16(18)22/h4-6,12,17H,1-3,7-9H2. The fourth-order valence-corrected chi connectivity index (χ4v) is 3.28. The number of amides is 3. The Morgan fingerprint density at radius 1 is 1.05 bits per heavy atom. The largest absolute Gasteiger partial charge is 0.315 e. The van der Waals surface area contributed by atoms with Crippen LogP contribution >= 0.6 is 0 Å². The number of rotatable bonds is 2. The molecule has 2 fully saturated rings. The third-order valence-electron chi connectivity index (χ3n) is 4.66. The van der Waals surface area contributed by atoms with Crippen LogP contribution in [0, 0.1) is 0 Å². The number of nitrogens with one attached hydrogen (secondary N) is 1. The van der Waals surface area contributed by atoms with Crippen molar-refractivity contribution in [1.82, 2.24) is 15.3 Å². The van der Waals surface area contributed by atoms with Crippen molar-refractivity contribution < 1.29 is 14.4 Å². The first-order valence-corrected chi connectivity index (χ1v) is 7.66. The van der Waals surface area contributed by atoms with Crippen molar-refractivity contribution in [3.63, 3.8) is 0 Å². The number of hydrogen-bond donors (Lipinski definition) is 1. The molecule has 2 saturated heterocycles. The summed E-state index contributed by atoms with van der Waals surface area (Å²) in [4.78, 5) is 36.6. The van der Waals surface area contributed by atoms with E-state index in [2.05, 4.69) is 5.32 Å². The molecule has 6 heteroatoms. The van der Waals surface area contributed by atoms with Gasteiger partial charge in [-0.15, -0.1) is 0 Å². The average Bonchev–Trinajstić information content (AvgIpc) is 2.74. The summed E-state index contributed by atoms with van der Waals surface area (Å²) in [5.74, 6) is -0.314. The topological polar surface area (TPSA) is 69.7 Å². The molecule has 0 spiro atoms. The molecule has 4 rings (SSSR count). The van der Waals surface area contributed by atoms with Gasteiger partial charge >= 0.3 is 0 Å². The second-order valence-corrected chi connectivity index (χ2v) is 6.09. The molecule has 6 nitrogen and oxygen atoms in total. The summed E-state index contributed by atoms with van der Waals surface area (Å²) < 4.78 is 0. The molecule has 0 bridgehead atoms. The van der Waals surface area contributed by atoms with Crippen LogP contribution in [0.5, 0.6) is 0 Å². The number of hydrazine groups is 1. The van der Waals surface area contributed by atoms with Crippen molar-refractivity contribution >= 4 is 17.7 Å². The van der Waals surface area contributed by atoms with E-state index in [-0.39, 0.29) is 17.7 Å². The average molecular weight is 299 g/mol. The van der Waals surface area contributed by atoms with E-state index in [1.54, 1.807) is 0 Å². The Kier molecular flexibility index (Phi) is 3.00. The van der Waals surface area contributed by atoms with Crippen LogP contribution in [0.4, 0.5) is 0 Å². The number of hydrogen-bond acceptors (Lipinski definition) is 4. The van der Waals surface area contributed by atoms with E-state index in [9.17, 15) is 14.4 Å². The van der Waals surface area contributed by atoms with E-state index in [1.807, 2.05) is 18.2 Å². The van der Waals surface area contributed by atoms with Crippen LogP contribution in [0.1, 0.15) is 46.7 Å². The predicted molar refractivity (Wildman–Crippen MR) is 77.6 cm³/mol. The smallest absolute Gasteiger partial charge is 0.273 e. The van der Waals surface area contributed by atoms with Gasteiger partial charge in [-0.05, 0) is 23.6 Å². The van der Waals surface area contributed by atoms with Crippen molar-refractivity contribution in [3.05, 3.63) is 34.9 Å². The summed E-state index contributed by atoms with van der Waals surface area (Å²) in [7, 11) is 0. The van der Waals surface area contributed by atoms with Gasteiger partial charge in [-0.2, -0.15) is 5.01 Å². The fraction of sp³-hybridized carbons (Fsp3) is 0.438. The van der Waals surface area contributed by atoms with Crippen molar-refractivity contribution in [3.8, 4) is 0 Å². The van der Waals surface area contributed by atoms with Gasteiger partial charge in [-0.3, -0.25) is 14.4 Å². The van der Waals surface area contributed by atoms with Crippen LogP contribution in [-0.4, -0.2) is 40.8 Å². The molecule has 3 amide bonds. The molecule has 0 radical (unpaired) electrons. The molecule has 1 aromatic rings. The number of fused-ring (bicyclic) bond motifs is 1. The molecule has 3 aliphatic rings. The SMILES string of the molecule is O=C1c2ccc(C3CNC3)cc2CN1N1C(=O)CCCC1=O. The second kappa shape index (κ2) is 4.91. The van der Waals surface area contributed by atoms with Gasteiger partial charge in [0.05, 0.1) is 6.54 Å². The third kappa shape index (κ3) is 1.94. The second-order valence-electron chi connectivity index (χ2n) is 6.09. The van der Waals surface area contributed by atoms with Gasteiger partial charge < -0.3 is 5.32 Å². The molecular weight excluding hydrogens is 282 g/mol. The minimum Gasteiger partial charge on any atom is -0.315 e. The van der Waals surface area contributed by atoms with Crippen LogP contribution in [0.25, 0.3) is 0 Å². The van der Waals surface area contributed by atoms with Gasteiger partial charge in [0.25, 0.3) is 5.91 Å². The van der Waals surface area contributed by atoms with Crippen LogP contribution < -0.4 is 5.32 Å². The summed E-state index contributed by atoms with van der Waals surface area (Å²) in [6.07, 6.45) is 1.22. The Morgan fingerprint density at radius 3 is 2.41 bits per heavy atom. The minimum absolute atomic E-state index is 0.253. The lowest BCUT2D eigenvalue weighted by molar-refractivity contribution is -0.163. The van der Waals surface area contributed by atoms with E-state index in [0.717, 1.165) is 23.7 Å². The molecule has 0 atom stereocenters. The van der Waals surface area contributed by atoms with E-state index in [1.165, 1.54) is 10.6 Å². The van der Waals surface area contributed by atoms with Gasteiger partial charge in [0.15, 0.2) is 0 Å². The molecule has 1 aromatic carbocycles. The van der Waals surface area contributed by atoms with Crippen molar-refractivity contribution in [1.29, 1.82) is 0 Å². The zero-order valence-electron chi connectivity index (χ0n) is 12.2. The first-order chi connectivity index (χ1) is 10.6. The lowest BCUT2D eigenvalue weighted by Gasteiger charge is -2.32. The van der Waals surface area contributed by atoms with Crippen LogP contribution in [0.3, 0.4) is 0 Å². The molecule has 0 aromatic heterocycles. The number of piperidine rings is 1. The molecule has 0 aliphatic carbocycles. The maximum Gasteiger partial charge on any atom is 0.273 e. The van der Waals surface area contributed by atoms with E-state index >= 15 is 0 Å². The summed E-state index contributed by atoms with van der Waals surface area (Å²) in [5.41, 5.74) is 2.71. The summed E-state index contributed by atoms with van der Waals surface area (Å²) in [6.45, 7) is 2.22. The highest BCUT2D eigenvalue weighted by Gasteiger charge is 2.39. The first-order valence-electron chi connectivity index (χ1n) is 7.66. The highest BCUT2D eigenvalue weighted by Crippen LogP contribution is 2.30. The number of carbonyl (C=O) groups excluding carboxylic acids is 3. The Balaban J connectivity index is 1.63. The molecule has 3 heterocycles. The van der Waals surface area contributed by atoms with Crippen LogP contribution in [0.2, 0.25) is 0 Å². The van der Waals surface area contributed by atoms with Gasteiger partial charge in [0.2, 0.25) is 11.8 Å². The lowest BCUT2D eigenvalue weighted by Crippen LogP contribution is -2.51. The normalized spacial score (nSPS) is 22.1. The van der Waals surface area contributed by atoms with Crippen LogP contribution in [0.15, 0.2) is 18.2 Å². The van der Waals surface area contributed by atoms with Crippen molar-refractivity contribution in [2.45, 2.75) is 31.7 Å². The van der Waals surface area contributed by atoms with Gasteiger partial charge in [0.1, 0.15) is 0 Å². The van der Waals surface area contributed by atoms with Gasteiger partial charge in [-0.25, -0.2) is 5.01 Å². The quantitative estimate of drug-likeness (QED) is 0.820. The Morgan fingerprint density at radius 2 is 1.77 bits per heavy atom. The number of nitrogens with zero attached hydrogens (tertiary/aromatic N) is 2. The monoisotopic (exact) mass is 299 g/mol. The zero-order chi connectivity index (χ0) is 15.3. The fourth-order valence-electron chi connectivity index (χ4n) is 3.28. The third-order valence-corrected chi connectivity index (χ3v) is 4.66. The molecule has 114 valence electrons. The minimum atomic E-state index is -0.277. The highest BCUT2D eigenvalue weighted by atomic mass is 16.2. The number of benzene rings is 1. The number of carbonyl (C=O) groups is 3. The first kappa shape index (κ1) is 13.5. The maximum atomic E-state index is 12.5. The summed E-state index contributed by atoms with van der Waals surface area (Å²) in [6, 6.07) is 5.84. The molecule has 0 unspecified atom stereocenters. The molecule has 3 aliphatic heterocycles. The molecule has 22 heavy (non-hydrogen) atoms. The lowest BCUT2D eigenvalue weighted by atomic mass is 9.91. The molecular formula is C16H17N3O3. The van der Waals surface area contributed by atoms with Gasteiger partial charge in [-0.1, -0.05) is 12.1 Å². The van der Waals surface area contributed by atoms with Crippen molar-refractivity contribution in [2.75, 3.05) is 13.1 Å². The van der Waals surface area contributed by atoms with E-state index < -0.39 is 0 Å². The Hall–Kier alpha value is -2.21. The number of imide groups is 1. The summed E-state index contributed by atoms with van der Waals surface area (Å²) in [5, 5.41) is 5.59. The Bertz CT molecular complexity index is 665. The summed E-state index contributed by atoms with van der Waals surface area (Å²) >= 11 is 0. The van der Waals surface area contributed by atoms with Gasteiger partial charge in [0, 0.05) is 37.4 Å². The van der Waals surface area contributed by atoms with Crippen molar-refractivity contribution in [2.24, 2.45) is 0 Å². The zero-order valence-corrected chi connectivity index (χ0v) is 12.2. The maximum absolute atomic E-state index is 12.5. The highest BCUT2D eigenvalue weighted by molar-refractivity contribution is 6.04. The van der Waals surface area contributed by atoms with Crippen LogP contribution in [-0.2, 0) is 16.1 Å². The predicted octanol–water partition coefficient (Wildman–Crippen LogP) is 0.783. The van der Waals surface area contributed by atoms with E-state index in [4.69, 9.17) is 0 Å².